The van der Waals surface area contributed by atoms with Gasteiger partial charge in [-0.25, -0.2) is 4.39 Å². The van der Waals surface area contributed by atoms with Crippen LogP contribution in [0.4, 0.5) is 4.39 Å². The Labute approximate surface area is 130 Å². The number of hydrogen-bond acceptors (Lipinski definition) is 1. The van der Waals surface area contributed by atoms with E-state index in [4.69, 9.17) is 11.6 Å². The second-order valence-corrected chi connectivity index (χ2v) is 5.75. The molecule has 2 rings (SSSR count). The molecule has 2 aromatic rings. The van der Waals surface area contributed by atoms with Crippen LogP contribution >= 0.6 is 27.5 Å². The Bertz CT molecular complexity index is 606. The molecule has 0 saturated heterocycles. The lowest BCUT2D eigenvalue weighted by Crippen LogP contribution is -2.27. The zero-order valence-corrected chi connectivity index (χ0v) is 12.8. The van der Waals surface area contributed by atoms with Crippen molar-refractivity contribution in [1.29, 1.82) is 0 Å². The molecule has 1 amide bonds. The number of carbonyl (C=O) groups excluding carboxylic acids is 1. The Kier molecular flexibility index (Phi) is 5.15. The maximum absolute atomic E-state index is 13.5. The molecule has 0 aliphatic rings. The predicted octanol–water partition coefficient (Wildman–Crippen LogP) is 4.35. The summed E-state index contributed by atoms with van der Waals surface area (Å²) in [4.78, 5) is 11.9. The Morgan fingerprint density at radius 3 is 2.65 bits per heavy atom. The molecule has 0 aliphatic carbocycles. The standard InChI is InChI=1S/C15H12BrClFNO/c16-13(10-4-2-1-3-5-10)9-19-15(20)12-8-11(17)6-7-14(12)18/h1-8,13H,9H2,(H,19,20). The number of halogens is 3. The first kappa shape index (κ1) is 15.0. The predicted molar refractivity (Wildman–Crippen MR) is 81.9 cm³/mol. The molecule has 0 aliphatic heterocycles. The third kappa shape index (κ3) is 3.81. The second-order valence-electron chi connectivity index (χ2n) is 4.21. The quantitative estimate of drug-likeness (QED) is 0.811. The summed E-state index contributed by atoms with van der Waals surface area (Å²) in [5, 5.41) is 3.01. The topological polar surface area (TPSA) is 29.1 Å². The van der Waals surface area contributed by atoms with Crippen molar-refractivity contribution in [3.63, 3.8) is 0 Å². The van der Waals surface area contributed by atoms with Crippen molar-refractivity contribution in [2.45, 2.75) is 4.83 Å². The van der Waals surface area contributed by atoms with E-state index in [0.717, 1.165) is 5.56 Å². The van der Waals surface area contributed by atoms with Gasteiger partial charge in [-0.3, -0.25) is 4.79 Å². The van der Waals surface area contributed by atoms with Crippen molar-refractivity contribution in [3.05, 3.63) is 70.5 Å². The van der Waals surface area contributed by atoms with Crippen LogP contribution in [-0.4, -0.2) is 12.5 Å². The highest BCUT2D eigenvalue weighted by Gasteiger charge is 2.14. The van der Waals surface area contributed by atoms with Crippen LogP contribution in [0.3, 0.4) is 0 Å². The van der Waals surface area contributed by atoms with E-state index in [-0.39, 0.29) is 10.4 Å². The van der Waals surface area contributed by atoms with Crippen molar-refractivity contribution in [2.75, 3.05) is 6.54 Å². The average Bonchev–Trinajstić information content (AvgIpc) is 2.47. The minimum Gasteiger partial charge on any atom is -0.350 e. The summed E-state index contributed by atoms with van der Waals surface area (Å²) in [5.74, 6) is -1.07. The van der Waals surface area contributed by atoms with Gasteiger partial charge in [0.25, 0.3) is 5.91 Å². The van der Waals surface area contributed by atoms with Gasteiger partial charge < -0.3 is 5.32 Å². The van der Waals surface area contributed by atoms with Crippen LogP contribution in [0.1, 0.15) is 20.7 Å². The van der Waals surface area contributed by atoms with E-state index in [1.807, 2.05) is 30.3 Å². The number of amides is 1. The van der Waals surface area contributed by atoms with E-state index in [1.165, 1.54) is 18.2 Å². The minimum atomic E-state index is -0.585. The number of carbonyl (C=O) groups is 1. The minimum absolute atomic E-state index is 0.0325. The smallest absolute Gasteiger partial charge is 0.254 e. The van der Waals surface area contributed by atoms with Crippen LogP contribution in [-0.2, 0) is 0 Å². The highest BCUT2D eigenvalue weighted by Crippen LogP contribution is 2.21. The number of nitrogens with one attached hydrogen (secondary N) is 1. The van der Waals surface area contributed by atoms with Gasteiger partial charge >= 0.3 is 0 Å². The molecule has 0 radical (unpaired) electrons. The van der Waals surface area contributed by atoms with Crippen molar-refractivity contribution >= 4 is 33.4 Å². The molecule has 0 bridgehead atoms. The van der Waals surface area contributed by atoms with Crippen molar-refractivity contribution in [3.8, 4) is 0 Å². The maximum atomic E-state index is 13.5. The van der Waals surface area contributed by atoms with Gasteiger partial charge in [-0.2, -0.15) is 0 Å². The fourth-order valence-electron chi connectivity index (χ4n) is 1.73. The summed E-state index contributed by atoms with van der Waals surface area (Å²) in [5.41, 5.74) is 0.990. The largest absolute Gasteiger partial charge is 0.350 e. The second kappa shape index (κ2) is 6.86. The molecule has 1 N–H and O–H groups in total. The fourth-order valence-corrected chi connectivity index (χ4v) is 2.37. The molecule has 0 saturated carbocycles. The monoisotopic (exact) mass is 355 g/mol. The van der Waals surface area contributed by atoms with E-state index in [9.17, 15) is 9.18 Å². The van der Waals surface area contributed by atoms with Crippen molar-refractivity contribution in [2.24, 2.45) is 0 Å². The molecular formula is C15H12BrClFNO. The molecule has 1 atom stereocenters. The summed E-state index contributed by atoms with van der Waals surface area (Å²) in [6, 6.07) is 13.6. The summed E-state index contributed by atoms with van der Waals surface area (Å²) in [7, 11) is 0. The lowest BCUT2D eigenvalue weighted by molar-refractivity contribution is 0.0950. The Morgan fingerprint density at radius 2 is 1.95 bits per heavy atom. The van der Waals surface area contributed by atoms with Crippen molar-refractivity contribution < 1.29 is 9.18 Å². The van der Waals surface area contributed by atoms with Crippen molar-refractivity contribution in [1.82, 2.24) is 5.32 Å². The summed E-state index contributed by atoms with van der Waals surface area (Å²) in [6.07, 6.45) is 0. The van der Waals surface area contributed by atoms with Gasteiger partial charge in [0.15, 0.2) is 0 Å². The molecule has 2 nitrogen and oxygen atoms in total. The molecule has 0 spiro atoms. The lowest BCUT2D eigenvalue weighted by Gasteiger charge is -2.12. The van der Waals surface area contributed by atoms with E-state index in [2.05, 4.69) is 21.2 Å². The molecule has 0 heterocycles. The Hall–Kier alpha value is -1.39. The van der Waals surface area contributed by atoms with Gasteiger partial charge in [0.1, 0.15) is 5.82 Å². The van der Waals surface area contributed by atoms with Gasteiger partial charge in [-0.05, 0) is 23.8 Å². The number of rotatable bonds is 4. The number of hydrogen-bond donors (Lipinski definition) is 1. The fraction of sp³-hybridized carbons (Fsp3) is 0.133. The van der Waals surface area contributed by atoms with Gasteiger partial charge in [0.05, 0.1) is 10.4 Å². The first-order chi connectivity index (χ1) is 9.58. The van der Waals surface area contributed by atoms with Gasteiger partial charge in [0, 0.05) is 11.6 Å². The molecular weight excluding hydrogens is 345 g/mol. The first-order valence-electron chi connectivity index (χ1n) is 6.00. The molecule has 20 heavy (non-hydrogen) atoms. The Balaban J connectivity index is 2.00. The average molecular weight is 357 g/mol. The van der Waals surface area contributed by atoms with Gasteiger partial charge in [-0.1, -0.05) is 57.9 Å². The summed E-state index contributed by atoms with van der Waals surface area (Å²) >= 11 is 9.25. The first-order valence-corrected chi connectivity index (χ1v) is 7.29. The molecule has 5 heteroatoms. The van der Waals surface area contributed by atoms with Crippen LogP contribution in [0.15, 0.2) is 48.5 Å². The zero-order chi connectivity index (χ0) is 14.5. The third-order valence-electron chi connectivity index (χ3n) is 2.78. The summed E-state index contributed by atoms with van der Waals surface area (Å²) in [6.45, 7) is 0.356. The molecule has 0 fully saturated rings. The Morgan fingerprint density at radius 1 is 1.25 bits per heavy atom. The van der Waals surface area contributed by atoms with Crippen LogP contribution < -0.4 is 5.32 Å². The van der Waals surface area contributed by atoms with E-state index < -0.39 is 11.7 Å². The highest BCUT2D eigenvalue weighted by molar-refractivity contribution is 9.09. The van der Waals surface area contributed by atoms with E-state index in [1.54, 1.807) is 0 Å². The van der Waals surface area contributed by atoms with Gasteiger partial charge in [0.2, 0.25) is 0 Å². The summed E-state index contributed by atoms with van der Waals surface area (Å²) < 4.78 is 13.5. The SMILES string of the molecule is O=C(NCC(Br)c1ccccc1)c1cc(Cl)ccc1F. The molecule has 104 valence electrons. The third-order valence-corrected chi connectivity index (χ3v) is 3.86. The molecule has 2 aromatic carbocycles. The maximum Gasteiger partial charge on any atom is 0.254 e. The van der Waals surface area contributed by atoms with Crippen LogP contribution in [0.25, 0.3) is 0 Å². The number of alkyl halides is 1. The van der Waals surface area contributed by atoms with E-state index in [0.29, 0.717) is 11.6 Å². The lowest BCUT2D eigenvalue weighted by atomic mass is 10.1. The van der Waals surface area contributed by atoms with Crippen LogP contribution in [0.5, 0.6) is 0 Å². The van der Waals surface area contributed by atoms with E-state index >= 15 is 0 Å². The van der Waals surface area contributed by atoms with Crippen LogP contribution in [0, 0.1) is 5.82 Å². The van der Waals surface area contributed by atoms with Crippen LogP contribution in [0.2, 0.25) is 5.02 Å². The zero-order valence-electron chi connectivity index (χ0n) is 10.4. The van der Waals surface area contributed by atoms with Gasteiger partial charge in [-0.15, -0.1) is 0 Å². The molecule has 0 aromatic heterocycles. The number of benzene rings is 2. The molecule has 1 unspecified atom stereocenters. The highest BCUT2D eigenvalue weighted by atomic mass is 79.9. The normalized spacial score (nSPS) is 11.9.